The van der Waals surface area contributed by atoms with Gasteiger partial charge in [0.25, 0.3) is 0 Å². The van der Waals surface area contributed by atoms with E-state index in [0.717, 1.165) is 28.1 Å². The Morgan fingerprint density at radius 2 is 1.84 bits per heavy atom. The Labute approximate surface area is 183 Å². The molecule has 0 saturated carbocycles. The highest BCUT2D eigenvalue weighted by Crippen LogP contribution is 2.42. The van der Waals surface area contributed by atoms with Crippen molar-refractivity contribution < 1.29 is 23.0 Å². The molecule has 0 unspecified atom stereocenters. The van der Waals surface area contributed by atoms with Crippen molar-refractivity contribution in [2.45, 2.75) is 12.5 Å². The summed E-state index contributed by atoms with van der Waals surface area (Å²) < 4.78 is 38.8. The first-order chi connectivity index (χ1) is 15.0. The maximum absolute atomic E-state index is 13.9. The Hall–Kier alpha value is -2.97. The smallest absolute Gasteiger partial charge is 0.238 e. The lowest BCUT2D eigenvalue weighted by Gasteiger charge is -2.37. The van der Waals surface area contributed by atoms with Crippen molar-refractivity contribution in [1.29, 1.82) is 0 Å². The number of carbonyl (C=O) groups excluding carboxylic acids is 1. The van der Waals surface area contributed by atoms with Gasteiger partial charge in [0.1, 0.15) is 17.3 Å². The molecule has 4 rings (SSSR count). The van der Waals surface area contributed by atoms with Crippen LogP contribution in [0.1, 0.15) is 22.0 Å². The zero-order chi connectivity index (χ0) is 22.0. The maximum atomic E-state index is 13.9. The summed E-state index contributed by atoms with van der Waals surface area (Å²) in [5.41, 5.74) is 1.72. The number of methoxy groups -OCH3 is 2. The number of ether oxygens (including phenoxy) is 2. The average Bonchev–Trinajstić information content (AvgIpc) is 3.29. The minimum absolute atomic E-state index is 0.00980. The van der Waals surface area contributed by atoms with E-state index in [0.29, 0.717) is 24.5 Å². The topological polar surface area (TPSA) is 50.8 Å². The minimum atomic E-state index is -0.802. The number of carbonyl (C=O) groups is 1. The van der Waals surface area contributed by atoms with Crippen LogP contribution in [0, 0.1) is 11.6 Å². The van der Waals surface area contributed by atoms with Crippen molar-refractivity contribution >= 4 is 22.9 Å². The van der Waals surface area contributed by atoms with Gasteiger partial charge in [0.05, 0.1) is 26.8 Å². The zero-order valence-electron chi connectivity index (χ0n) is 17.2. The van der Waals surface area contributed by atoms with Gasteiger partial charge < -0.3 is 14.8 Å². The summed E-state index contributed by atoms with van der Waals surface area (Å²) in [6.45, 7) is 0.600. The molecule has 2 aromatic carbocycles. The third-order valence-electron chi connectivity index (χ3n) is 5.36. The molecule has 1 aromatic heterocycles. The molecule has 1 atom stereocenters. The van der Waals surface area contributed by atoms with Gasteiger partial charge in [-0.2, -0.15) is 0 Å². The van der Waals surface area contributed by atoms with Gasteiger partial charge in [0, 0.05) is 11.4 Å². The Balaban J connectivity index is 1.64. The van der Waals surface area contributed by atoms with Crippen LogP contribution < -0.4 is 14.8 Å². The lowest BCUT2D eigenvalue weighted by molar-refractivity contribution is -0.117. The van der Waals surface area contributed by atoms with Crippen LogP contribution in [0.4, 0.5) is 14.5 Å². The Morgan fingerprint density at radius 3 is 2.48 bits per heavy atom. The fourth-order valence-corrected chi connectivity index (χ4v) is 4.81. The largest absolute Gasteiger partial charge is 0.493 e. The van der Waals surface area contributed by atoms with Crippen molar-refractivity contribution in [1.82, 2.24) is 4.90 Å². The van der Waals surface area contributed by atoms with E-state index in [4.69, 9.17) is 9.47 Å². The van der Waals surface area contributed by atoms with Crippen LogP contribution in [-0.4, -0.2) is 38.1 Å². The molecule has 0 spiro atoms. The van der Waals surface area contributed by atoms with Crippen LogP contribution in [0.25, 0.3) is 0 Å². The normalized spacial score (nSPS) is 15.9. The van der Waals surface area contributed by atoms with Crippen LogP contribution >= 0.6 is 11.3 Å². The van der Waals surface area contributed by atoms with Crippen LogP contribution in [0.2, 0.25) is 0 Å². The van der Waals surface area contributed by atoms with E-state index in [1.54, 1.807) is 25.6 Å². The van der Waals surface area contributed by atoms with Crippen molar-refractivity contribution in [3.63, 3.8) is 0 Å². The molecule has 0 bridgehead atoms. The van der Waals surface area contributed by atoms with Crippen LogP contribution in [0.3, 0.4) is 0 Å². The Kier molecular flexibility index (Phi) is 6.20. The lowest BCUT2D eigenvalue weighted by Crippen LogP contribution is -2.41. The summed E-state index contributed by atoms with van der Waals surface area (Å²) in [5, 5.41) is 4.37. The number of amides is 1. The molecule has 8 heteroatoms. The van der Waals surface area contributed by atoms with Crippen LogP contribution in [0.15, 0.2) is 47.8 Å². The average molecular weight is 445 g/mol. The van der Waals surface area contributed by atoms with Gasteiger partial charge in [-0.3, -0.25) is 9.69 Å². The summed E-state index contributed by atoms with van der Waals surface area (Å²) in [6, 6.07) is 11.2. The SMILES string of the molecule is COc1cc2c(cc1OC)[C@H](c1cccs1)N(CC(=O)Nc1c(F)cccc1F)CC2. The number of nitrogens with one attached hydrogen (secondary N) is 1. The number of nitrogens with zero attached hydrogens (tertiary/aromatic N) is 1. The molecule has 0 aliphatic carbocycles. The quantitative estimate of drug-likeness (QED) is 0.602. The van der Waals surface area contributed by atoms with E-state index in [1.165, 1.54) is 6.07 Å². The summed E-state index contributed by atoms with van der Waals surface area (Å²) in [4.78, 5) is 15.8. The number of halogens is 2. The number of rotatable bonds is 6. The lowest BCUT2D eigenvalue weighted by atomic mass is 9.91. The van der Waals surface area contributed by atoms with E-state index in [9.17, 15) is 13.6 Å². The molecular formula is C23H22F2N2O3S. The third-order valence-corrected chi connectivity index (χ3v) is 6.28. The highest BCUT2D eigenvalue weighted by atomic mass is 32.1. The minimum Gasteiger partial charge on any atom is -0.493 e. The Bertz CT molecular complexity index is 1070. The van der Waals surface area contributed by atoms with Gasteiger partial charge in [-0.25, -0.2) is 8.78 Å². The molecule has 162 valence electrons. The first-order valence-electron chi connectivity index (χ1n) is 9.78. The third kappa shape index (κ3) is 4.26. The second kappa shape index (κ2) is 9.03. The standard InChI is InChI=1S/C23H22F2N2O3S/c1-29-18-11-14-8-9-27(13-21(28)26-22-16(24)5-3-6-17(22)25)23(20-7-4-10-31-20)15(14)12-19(18)30-2/h3-7,10-12,23H,8-9,13H2,1-2H3,(H,26,28)/t23-/m1/s1. The van der Waals surface area contributed by atoms with Gasteiger partial charge in [0.2, 0.25) is 5.91 Å². The van der Waals surface area contributed by atoms with Gasteiger partial charge in [-0.05, 0) is 53.3 Å². The first kappa shape index (κ1) is 21.3. The second-order valence-corrected chi connectivity index (χ2v) is 8.17. The fourth-order valence-electron chi connectivity index (χ4n) is 3.93. The zero-order valence-corrected chi connectivity index (χ0v) is 18.0. The van der Waals surface area contributed by atoms with Gasteiger partial charge in [0.15, 0.2) is 11.5 Å². The predicted octanol–water partition coefficient (Wildman–Crippen LogP) is 4.63. The van der Waals surface area contributed by atoms with Gasteiger partial charge in [-0.15, -0.1) is 11.3 Å². The summed E-state index contributed by atoms with van der Waals surface area (Å²) in [5.74, 6) is -0.808. The van der Waals surface area contributed by atoms with Crippen LogP contribution in [0.5, 0.6) is 11.5 Å². The molecule has 2 heterocycles. The molecule has 1 N–H and O–H groups in total. The molecule has 5 nitrogen and oxygen atoms in total. The van der Waals surface area contributed by atoms with Gasteiger partial charge >= 0.3 is 0 Å². The number of hydrogen-bond acceptors (Lipinski definition) is 5. The maximum Gasteiger partial charge on any atom is 0.238 e. The molecule has 1 aliphatic heterocycles. The van der Waals surface area contributed by atoms with Gasteiger partial charge in [-0.1, -0.05) is 12.1 Å². The van der Waals surface area contributed by atoms with Crippen LogP contribution in [-0.2, 0) is 11.2 Å². The van der Waals surface area contributed by atoms with E-state index in [-0.39, 0.29) is 12.6 Å². The number of thiophene rings is 1. The monoisotopic (exact) mass is 444 g/mol. The van der Waals surface area contributed by atoms with E-state index in [2.05, 4.69) is 5.32 Å². The highest BCUT2D eigenvalue weighted by Gasteiger charge is 2.32. The Morgan fingerprint density at radius 1 is 1.13 bits per heavy atom. The van der Waals surface area contributed by atoms with Crippen molar-refractivity contribution in [3.8, 4) is 11.5 Å². The molecule has 1 aliphatic rings. The number of para-hydroxylation sites is 1. The molecular weight excluding hydrogens is 422 g/mol. The van der Waals surface area contributed by atoms with E-state index >= 15 is 0 Å². The molecule has 0 radical (unpaired) electrons. The number of fused-ring (bicyclic) bond motifs is 1. The molecule has 0 saturated heterocycles. The summed E-state index contributed by atoms with van der Waals surface area (Å²) in [6.07, 6.45) is 0.707. The number of benzene rings is 2. The summed E-state index contributed by atoms with van der Waals surface area (Å²) in [7, 11) is 3.18. The first-order valence-corrected chi connectivity index (χ1v) is 10.7. The summed E-state index contributed by atoms with van der Waals surface area (Å²) >= 11 is 1.59. The fraction of sp³-hybridized carbons (Fsp3) is 0.261. The second-order valence-electron chi connectivity index (χ2n) is 7.19. The number of anilines is 1. The van der Waals surface area contributed by atoms with Crippen molar-refractivity contribution in [2.75, 3.05) is 32.6 Å². The highest BCUT2D eigenvalue weighted by molar-refractivity contribution is 7.10. The number of hydrogen-bond donors (Lipinski definition) is 1. The van der Waals surface area contributed by atoms with E-state index < -0.39 is 23.2 Å². The predicted molar refractivity (Wildman–Crippen MR) is 116 cm³/mol. The molecule has 3 aromatic rings. The van der Waals surface area contributed by atoms with Crippen molar-refractivity contribution in [2.24, 2.45) is 0 Å². The van der Waals surface area contributed by atoms with E-state index in [1.807, 2.05) is 34.5 Å². The molecule has 0 fully saturated rings. The molecule has 31 heavy (non-hydrogen) atoms. The van der Waals surface area contributed by atoms with Crippen molar-refractivity contribution in [3.05, 3.63) is 75.5 Å². The molecule has 1 amide bonds.